The van der Waals surface area contributed by atoms with E-state index >= 15 is 0 Å². The van der Waals surface area contributed by atoms with Crippen molar-refractivity contribution in [2.75, 3.05) is 41.8 Å². The van der Waals surface area contributed by atoms with Crippen LogP contribution in [0.25, 0.3) is 0 Å². The second-order valence-electron chi connectivity index (χ2n) is 7.03. The Hall–Kier alpha value is -2.62. The molecule has 29 heavy (non-hydrogen) atoms. The molecule has 3 rings (SSSR count). The van der Waals surface area contributed by atoms with Crippen LogP contribution in [0.15, 0.2) is 47.4 Å². The van der Waals surface area contributed by atoms with Gasteiger partial charge in [-0.2, -0.15) is 0 Å². The fraction of sp³-hybridized carbons (Fsp3) is 0.350. The summed E-state index contributed by atoms with van der Waals surface area (Å²) in [7, 11) is -3.83. The van der Waals surface area contributed by atoms with Gasteiger partial charge in [0, 0.05) is 30.2 Å². The topological polar surface area (TPSA) is 114 Å². The summed E-state index contributed by atoms with van der Waals surface area (Å²) in [6, 6.07) is 11.4. The fourth-order valence-electron chi connectivity index (χ4n) is 3.13. The zero-order valence-electron chi connectivity index (χ0n) is 16.5. The number of aryl methyl sites for hydroxylation is 1. The van der Waals surface area contributed by atoms with Gasteiger partial charge in [0.05, 0.1) is 18.1 Å². The van der Waals surface area contributed by atoms with Crippen molar-refractivity contribution in [3.8, 4) is 0 Å². The summed E-state index contributed by atoms with van der Waals surface area (Å²) in [5.41, 5.74) is 3.40. The summed E-state index contributed by atoms with van der Waals surface area (Å²) in [5.74, 6) is -0.284. The first-order chi connectivity index (χ1) is 13.7. The molecule has 0 saturated carbocycles. The third kappa shape index (κ3) is 5.47. The SMILES string of the molecule is Cc1cc(N2CCOCC2)ccc1NC(C)C(=O)Nc1cccc(S(N)(=O)=O)c1. The molecule has 1 heterocycles. The van der Waals surface area contributed by atoms with E-state index in [0.29, 0.717) is 5.69 Å². The molecule has 1 amide bonds. The molecule has 9 heteroatoms. The molecule has 1 unspecified atom stereocenters. The Morgan fingerprint density at radius 2 is 1.90 bits per heavy atom. The highest BCUT2D eigenvalue weighted by atomic mass is 32.2. The maximum atomic E-state index is 12.5. The third-order valence-electron chi connectivity index (χ3n) is 4.78. The molecule has 156 valence electrons. The van der Waals surface area contributed by atoms with Gasteiger partial charge < -0.3 is 20.3 Å². The van der Waals surface area contributed by atoms with E-state index in [1.807, 2.05) is 19.1 Å². The molecule has 1 fully saturated rings. The van der Waals surface area contributed by atoms with Crippen LogP contribution in [0.1, 0.15) is 12.5 Å². The molecule has 1 saturated heterocycles. The maximum absolute atomic E-state index is 12.5. The van der Waals surface area contributed by atoms with Crippen LogP contribution in [0.5, 0.6) is 0 Å². The van der Waals surface area contributed by atoms with Crippen LogP contribution in [0.2, 0.25) is 0 Å². The van der Waals surface area contributed by atoms with Crippen molar-refractivity contribution in [3.63, 3.8) is 0 Å². The normalized spacial score (nSPS) is 15.6. The second kappa shape index (κ2) is 8.81. The zero-order valence-corrected chi connectivity index (χ0v) is 17.3. The first-order valence-electron chi connectivity index (χ1n) is 9.37. The molecule has 0 spiro atoms. The largest absolute Gasteiger partial charge is 0.378 e. The number of morpholine rings is 1. The van der Waals surface area contributed by atoms with E-state index in [-0.39, 0.29) is 10.8 Å². The maximum Gasteiger partial charge on any atom is 0.246 e. The van der Waals surface area contributed by atoms with Crippen molar-refractivity contribution in [2.24, 2.45) is 5.14 Å². The van der Waals surface area contributed by atoms with Crippen LogP contribution in [0, 0.1) is 6.92 Å². The van der Waals surface area contributed by atoms with Crippen molar-refractivity contribution in [1.82, 2.24) is 0 Å². The Morgan fingerprint density at radius 1 is 1.17 bits per heavy atom. The molecule has 0 aromatic heterocycles. The van der Waals surface area contributed by atoms with Gasteiger partial charge >= 0.3 is 0 Å². The lowest BCUT2D eigenvalue weighted by atomic mass is 10.1. The minimum absolute atomic E-state index is 0.0505. The van der Waals surface area contributed by atoms with Crippen LogP contribution in [0.4, 0.5) is 17.1 Å². The molecular weight excluding hydrogens is 392 g/mol. The number of nitrogens with one attached hydrogen (secondary N) is 2. The molecule has 1 atom stereocenters. The number of nitrogens with two attached hydrogens (primary N) is 1. The minimum Gasteiger partial charge on any atom is -0.378 e. The Bertz CT molecular complexity index is 988. The molecule has 0 bridgehead atoms. The van der Waals surface area contributed by atoms with Gasteiger partial charge in [0.25, 0.3) is 0 Å². The summed E-state index contributed by atoms with van der Waals surface area (Å²) >= 11 is 0. The van der Waals surface area contributed by atoms with Crippen LogP contribution >= 0.6 is 0 Å². The average Bonchev–Trinajstić information content (AvgIpc) is 2.69. The molecule has 8 nitrogen and oxygen atoms in total. The van der Waals surface area contributed by atoms with Crippen LogP contribution in [0.3, 0.4) is 0 Å². The van der Waals surface area contributed by atoms with Gasteiger partial charge in [-0.25, -0.2) is 13.6 Å². The van der Waals surface area contributed by atoms with Crippen molar-refractivity contribution in [1.29, 1.82) is 0 Å². The number of benzene rings is 2. The summed E-state index contributed by atoms with van der Waals surface area (Å²) in [5, 5.41) is 11.1. The van der Waals surface area contributed by atoms with E-state index in [4.69, 9.17) is 9.88 Å². The number of hydrogen-bond acceptors (Lipinski definition) is 6. The van der Waals surface area contributed by atoms with E-state index in [1.165, 1.54) is 18.2 Å². The number of amides is 1. The monoisotopic (exact) mass is 418 g/mol. The van der Waals surface area contributed by atoms with E-state index in [2.05, 4.69) is 21.6 Å². The summed E-state index contributed by atoms with van der Waals surface area (Å²) < 4.78 is 28.3. The number of carbonyl (C=O) groups excluding carboxylic acids is 1. The van der Waals surface area contributed by atoms with Gasteiger partial charge in [0.1, 0.15) is 6.04 Å². The van der Waals surface area contributed by atoms with Crippen molar-refractivity contribution in [2.45, 2.75) is 24.8 Å². The number of anilines is 3. The third-order valence-corrected chi connectivity index (χ3v) is 5.69. The predicted octanol–water partition coefficient (Wildman–Crippen LogP) is 1.92. The van der Waals surface area contributed by atoms with Crippen molar-refractivity contribution >= 4 is 33.0 Å². The van der Waals surface area contributed by atoms with Gasteiger partial charge in [-0.05, 0) is 55.8 Å². The Labute approximate surface area is 171 Å². The lowest BCUT2D eigenvalue weighted by Gasteiger charge is -2.29. The number of nitrogens with zero attached hydrogens (tertiary/aromatic N) is 1. The predicted molar refractivity (Wildman–Crippen MR) is 114 cm³/mol. The van der Waals surface area contributed by atoms with Gasteiger partial charge in [0.2, 0.25) is 15.9 Å². The molecule has 0 radical (unpaired) electrons. The molecule has 1 aliphatic rings. The molecule has 2 aromatic rings. The quantitative estimate of drug-likeness (QED) is 0.660. The van der Waals surface area contributed by atoms with E-state index in [1.54, 1.807) is 13.0 Å². The minimum atomic E-state index is -3.83. The van der Waals surface area contributed by atoms with E-state index in [0.717, 1.165) is 43.2 Å². The number of primary sulfonamides is 1. The molecule has 0 aliphatic carbocycles. The Kier molecular flexibility index (Phi) is 6.41. The van der Waals surface area contributed by atoms with Crippen molar-refractivity contribution in [3.05, 3.63) is 48.0 Å². The summed E-state index contributed by atoms with van der Waals surface area (Å²) in [4.78, 5) is 14.7. The zero-order chi connectivity index (χ0) is 21.0. The summed E-state index contributed by atoms with van der Waals surface area (Å²) in [6.45, 7) is 6.91. The first kappa shape index (κ1) is 21.1. The highest BCUT2D eigenvalue weighted by Gasteiger charge is 2.17. The first-order valence-corrected chi connectivity index (χ1v) is 10.9. The smallest absolute Gasteiger partial charge is 0.246 e. The summed E-state index contributed by atoms with van der Waals surface area (Å²) in [6.07, 6.45) is 0. The van der Waals surface area contributed by atoms with Crippen LogP contribution in [-0.4, -0.2) is 46.7 Å². The molecule has 4 N–H and O–H groups in total. The second-order valence-corrected chi connectivity index (χ2v) is 8.59. The van der Waals surface area contributed by atoms with Crippen LogP contribution in [-0.2, 0) is 19.6 Å². The van der Waals surface area contributed by atoms with Gasteiger partial charge in [-0.15, -0.1) is 0 Å². The van der Waals surface area contributed by atoms with E-state index < -0.39 is 16.1 Å². The fourth-order valence-corrected chi connectivity index (χ4v) is 3.69. The highest BCUT2D eigenvalue weighted by molar-refractivity contribution is 7.89. The number of carbonyl (C=O) groups is 1. The van der Waals surface area contributed by atoms with Crippen molar-refractivity contribution < 1.29 is 17.9 Å². The highest BCUT2D eigenvalue weighted by Crippen LogP contribution is 2.24. The molecule has 1 aliphatic heterocycles. The standard InChI is InChI=1S/C20H26N4O4S/c1-14-12-17(24-8-10-28-11-9-24)6-7-19(14)22-15(2)20(25)23-16-4-3-5-18(13-16)29(21,26)27/h3-7,12-13,15,22H,8-11H2,1-2H3,(H,23,25)(H2,21,26,27). The molecular formula is C20H26N4O4S. The van der Waals surface area contributed by atoms with Gasteiger partial charge in [-0.3, -0.25) is 4.79 Å². The van der Waals surface area contributed by atoms with Gasteiger partial charge in [-0.1, -0.05) is 6.07 Å². The number of rotatable bonds is 6. The molecule has 2 aromatic carbocycles. The number of sulfonamides is 1. The number of ether oxygens (including phenoxy) is 1. The Balaban J connectivity index is 1.65. The average molecular weight is 419 g/mol. The number of hydrogen-bond donors (Lipinski definition) is 3. The lowest BCUT2D eigenvalue weighted by molar-refractivity contribution is -0.116. The van der Waals surface area contributed by atoms with Crippen LogP contribution < -0.4 is 20.7 Å². The lowest BCUT2D eigenvalue weighted by Crippen LogP contribution is -2.36. The van der Waals surface area contributed by atoms with E-state index in [9.17, 15) is 13.2 Å². The van der Waals surface area contributed by atoms with Gasteiger partial charge in [0.15, 0.2) is 0 Å². The Morgan fingerprint density at radius 3 is 2.55 bits per heavy atom.